The number of hydrogen-bond acceptors (Lipinski definition) is 5. The minimum Gasteiger partial charge on any atom is -0.365 e. The first-order valence-electron chi connectivity index (χ1n) is 6.38. The Morgan fingerprint density at radius 2 is 1.95 bits per heavy atom. The Labute approximate surface area is 119 Å². The van der Waals surface area contributed by atoms with Crippen LogP contribution in [0.4, 0.5) is 5.82 Å². The van der Waals surface area contributed by atoms with Crippen molar-refractivity contribution in [2.45, 2.75) is 32.7 Å². The molecule has 1 heterocycles. The van der Waals surface area contributed by atoms with Crippen molar-refractivity contribution in [1.82, 2.24) is 14.3 Å². The van der Waals surface area contributed by atoms with Gasteiger partial charge in [-0.1, -0.05) is 0 Å². The summed E-state index contributed by atoms with van der Waals surface area (Å²) < 4.78 is 25.7. The van der Waals surface area contributed by atoms with Gasteiger partial charge in [-0.05, 0) is 27.2 Å². The van der Waals surface area contributed by atoms with Gasteiger partial charge in [0.1, 0.15) is 0 Å². The fourth-order valence-electron chi connectivity index (χ4n) is 1.61. The molecule has 0 aromatic carbocycles. The van der Waals surface area contributed by atoms with Gasteiger partial charge in [-0.25, -0.2) is 18.1 Å². The fourth-order valence-corrected chi connectivity index (χ4v) is 2.13. The molecule has 114 valence electrons. The van der Waals surface area contributed by atoms with E-state index in [1.807, 2.05) is 20.8 Å². The van der Waals surface area contributed by atoms with E-state index in [-0.39, 0.29) is 16.9 Å². The molecule has 0 atom stereocenters. The molecule has 0 radical (unpaired) electrons. The number of anilines is 1. The van der Waals surface area contributed by atoms with E-state index in [4.69, 9.17) is 0 Å². The maximum absolute atomic E-state index is 12.2. The van der Waals surface area contributed by atoms with Crippen LogP contribution >= 0.6 is 0 Å². The lowest BCUT2D eigenvalue weighted by molar-refractivity contribution is 0.383. The minimum atomic E-state index is -3.16. The van der Waals surface area contributed by atoms with Gasteiger partial charge < -0.3 is 9.88 Å². The van der Waals surface area contributed by atoms with Crippen LogP contribution in [0.5, 0.6) is 0 Å². The Morgan fingerprint density at radius 1 is 1.30 bits per heavy atom. The molecule has 0 spiro atoms. The van der Waals surface area contributed by atoms with Crippen molar-refractivity contribution in [2.75, 3.05) is 24.7 Å². The average Bonchev–Trinajstić information content (AvgIpc) is 2.27. The summed E-state index contributed by atoms with van der Waals surface area (Å²) in [5.41, 5.74) is -0.495. The fraction of sp³-hybridized carbons (Fsp3) is 0.667. The van der Waals surface area contributed by atoms with Crippen LogP contribution in [0.2, 0.25) is 0 Å². The predicted octanol–water partition coefficient (Wildman–Crippen LogP) is 0.350. The third-order valence-corrected chi connectivity index (χ3v) is 3.30. The molecule has 0 fully saturated rings. The second kappa shape index (κ2) is 6.36. The summed E-state index contributed by atoms with van der Waals surface area (Å²) >= 11 is 0. The molecular weight excluding hydrogens is 280 g/mol. The van der Waals surface area contributed by atoms with Crippen LogP contribution in [0.25, 0.3) is 0 Å². The zero-order chi connectivity index (χ0) is 15.4. The van der Waals surface area contributed by atoms with Crippen molar-refractivity contribution < 1.29 is 8.42 Å². The lowest BCUT2D eigenvalue weighted by Gasteiger charge is -2.22. The van der Waals surface area contributed by atoms with E-state index >= 15 is 0 Å². The van der Waals surface area contributed by atoms with E-state index in [2.05, 4.69) is 15.0 Å². The predicted molar refractivity (Wildman–Crippen MR) is 79.4 cm³/mol. The second-order valence-corrected chi connectivity index (χ2v) is 7.40. The van der Waals surface area contributed by atoms with Crippen LogP contribution < -0.4 is 15.6 Å². The van der Waals surface area contributed by atoms with Crippen molar-refractivity contribution in [3.05, 3.63) is 22.7 Å². The summed E-state index contributed by atoms with van der Waals surface area (Å²) in [6.07, 6.45) is 4.90. The Hall–Kier alpha value is -1.41. The first-order chi connectivity index (χ1) is 9.11. The molecule has 20 heavy (non-hydrogen) atoms. The highest BCUT2D eigenvalue weighted by Crippen LogP contribution is 2.10. The average molecular weight is 302 g/mol. The largest absolute Gasteiger partial charge is 0.365 e. The van der Waals surface area contributed by atoms with Gasteiger partial charge in [-0.15, -0.1) is 0 Å². The van der Waals surface area contributed by atoms with Crippen LogP contribution in [0.1, 0.15) is 27.2 Å². The molecule has 0 amide bonds. The van der Waals surface area contributed by atoms with Crippen molar-refractivity contribution >= 4 is 15.8 Å². The SMILES string of the molecule is CC(C)(C)n1ccnc(NCCCNS(C)(=O)=O)c1=O. The monoisotopic (exact) mass is 302 g/mol. The molecule has 0 bridgehead atoms. The van der Waals surface area contributed by atoms with Crippen molar-refractivity contribution in [3.63, 3.8) is 0 Å². The Kier molecular flexibility index (Phi) is 5.29. The molecule has 2 N–H and O–H groups in total. The summed E-state index contributed by atoms with van der Waals surface area (Å²) in [6.45, 7) is 6.61. The maximum atomic E-state index is 12.2. The van der Waals surface area contributed by atoms with E-state index in [0.29, 0.717) is 19.5 Å². The quantitative estimate of drug-likeness (QED) is 0.740. The number of rotatable bonds is 6. The van der Waals surface area contributed by atoms with Gasteiger partial charge in [0, 0.05) is 31.0 Å². The number of aromatic nitrogens is 2. The number of sulfonamides is 1. The van der Waals surface area contributed by atoms with Gasteiger partial charge >= 0.3 is 0 Å². The molecule has 7 nitrogen and oxygen atoms in total. The first-order valence-corrected chi connectivity index (χ1v) is 8.27. The minimum absolute atomic E-state index is 0.184. The van der Waals surface area contributed by atoms with E-state index in [0.717, 1.165) is 6.26 Å². The highest BCUT2D eigenvalue weighted by Gasteiger charge is 2.16. The van der Waals surface area contributed by atoms with E-state index < -0.39 is 10.0 Å². The van der Waals surface area contributed by atoms with Gasteiger partial charge in [0.25, 0.3) is 5.56 Å². The molecule has 0 unspecified atom stereocenters. The van der Waals surface area contributed by atoms with Crippen molar-refractivity contribution in [2.24, 2.45) is 0 Å². The maximum Gasteiger partial charge on any atom is 0.293 e. The Balaban J connectivity index is 2.60. The normalized spacial score (nSPS) is 12.4. The van der Waals surface area contributed by atoms with Gasteiger partial charge in [0.2, 0.25) is 10.0 Å². The lowest BCUT2D eigenvalue weighted by Crippen LogP contribution is -2.35. The smallest absolute Gasteiger partial charge is 0.293 e. The number of nitrogens with zero attached hydrogens (tertiary/aromatic N) is 2. The summed E-state index contributed by atoms with van der Waals surface area (Å²) in [5.74, 6) is 0.279. The highest BCUT2D eigenvalue weighted by molar-refractivity contribution is 7.88. The molecule has 1 aromatic heterocycles. The third-order valence-electron chi connectivity index (χ3n) is 2.57. The van der Waals surface area contributed by atoms with E-state index in [9.17, 15) is 13.2 Å². The Bertz CT molecular complexity index is 602. The van der Waals surface area contributed by atoms with E-state index in [1.54, 1.807) is 17.0 Å². The molecule has 0 aliphatic carbocycles. The molecule has 1 aromatic rings. The zero-order valence-electron chi connectivity index (χ0n) is 12.3. The number of nitrogens with one attached hydrogen (secondary N) is 2. The zero-order valence-corrected chi connectivity index (χ0v) is 13.1. The van der Waals surface area contributed by atoms with Gasteiger partial charge in [-0.3, -0.25) is 4.79 Å². The molecule has 0 saturated heterocycles. The Morgan fingerprint density at radius 3 is 2.50 bits per heavy atom. The molecule has 8 heteroatoms. The molecular formula is C12H22N4O3S. The summed E-state index contributed by atoms with van der Waals surface area (Å²) in [7, 11) is -3.16. The molecule has 0 saturated carbocycles. The first kappa shape index (κ1) is 16.6. The van der Waals surface area contributed by atoms with Crippen LogP contribution in [0.15, 0.2) is 17.2 Å². The van der Waals surface area contributed by atoms with Crippen LogP contribution in [-0.2, 0) is 15.6 Å². The molecule has 1 rings (SSSR count). The van der Waals surface area contributed by atoms with Crippen LogP contribution in [0, 0.1) is 0 Å². The second-order valence-electron chi connectivity index (χ2n) is 5.57. The summed E-state index contributed by atoms with van der Waals surface area (Å²) in [4.78, 5) is 16.2. The number of hydrogen-bond donors (Lipinski definition) is 2. The van der Waals surface area contributed by atoms with Crippen molar-refractivity contribution in [1.29, 1.82) is 0 Å². The van der Waals surface area contributed by atoms with E-state index in [1.165, 1.54) is 0 Å². The molecule has 0 aliphatic rings. The summed E-state index contributed by atoms with van der Waals surface area (Å²) in [5, 5.41) is 2.93. The third kappa shape index (κ3) is 5.30. The topological polar surface area (TPSA) is 93.1 Å². The molecule has 0 aliphatic heterocycles. The summed E-state index contributed by atoms with van der Waals surface area (Å²) in [6, 6.07) is 0. The van der Waals surface area contributed by atoms with Crippen molar-refractivity contribution in [3.8, 4) is 0 Å². The highest BCUT2D eigenvalue weighted by atomic mass is 32.2. The standard InChI is InChI=1S/C12H22N4O3S/c1-12(2,3)16-9-8-14-10(11(16)17)13-6-5-7-15-20(4,18)19/h8-9,15H,5-7H2,1-4H3,(H,13,14). The van der Waals surface area contributed by atoms with Gasteiger partial charge in [0.15, 0.2) is 5.82 Å². The van der Waals surface area contributed by atoms with Crippen LogP contribution in [-0.4, -0.2) is 37.3 Å². The van der Waals surface area contributed by atoms with Gasteiger partial charge in [-0.2, -0.15) is 0 Å². The van der Waals surface area contributed by atoms with Crippen LogP contribution in [0.3, 0.4) is 0 Å². The van der Waals surface area contributed by atoms with Gasteiger partial charge in [0.05, 0.1) is 6.26 Å². The lowest BCUT2D eigenvalue weighted by atomic mass is 10.1.